The number of rotatable bonds is 4. The van der Waals surface area contributed by atoms with E-state index in [2.05, 4.69) is 59.7 Å². The molecule has 1 fully saturated rings. The van der Waals surface area contributed by atoms with Gasteiger partial charge < -0.3 is 5.32 Å². The first-order valence-electron chi connectivity index (χ1n) is 8.04. The molecular weight excluding hydrogens is 256 g/mol. The van der Waals surface area contributed by atoms with E-state index in [1.807, 2.05) is 12.4 Å². The van der Waals surface area contributed by atoms with Crippen LogP contribution in [0.15, 0.2) is 54.9 Å². The molecular formula is C19H24N2. The summed E-state index contributed by atoms with van der Waals surface area (Å²) >= 11 is 0. The van der Waals surface area contributed by atoms with Crippen LogP contribution in [0, 0.1) is 0 Å². The second kappa shape index (κ2) is 6.86. The highest BCUT2D eigenvalue weighted by molar-refractivity contribution is 5.20. The van der Waals surface area contributed by atoms with Crippen molar-refractivity contribution >= 4 is 0 Å². The van der Waals surface area contributed by atoms with E-state index in [0.29, 0.717) is 12.1 Å². The van der Waals surface area contributed by atoms with Crippen LogP contribution < -0.4 is 5.32 Å². The van der Waals surface area contributed by atoms with E-state index in [1.165, 1.54) is 36.8 Å². The summed E-state index contributed by atoms with van der Waals surface area (Å²) in [7, 11) is 0. The van der Waals surface area contributed by atoms with Crippen LogP contribution in [0.3, 0.4) is 0 Å². The van der Waals surface area contributed by atoms with E-state index in [4.69, 9.17) is 0 Å². The summed E-state index contributed by atoms with van der Waals surface area (Å²) in [5.41, 5.74) is 2.84. The summed E-state index contributed by atoms with van der Waals surface area (Å²) in [6.45, 7) is 2.25. The molecule has 0 bridgehead atoms. The van der Waals surface area contributed by atoms with Gasteiger partial charge in [-0.15, -0.1) is 0 Å². The lowest BCUT2D eigenvalue weighted by Gasteiger charge is -2.31. The first-order valence-corrected chi connectivity index (χ1v) is 8.04. The lowest BCUT2D eigenvalue weighted by Crippen LogP contribution is -2.34. The predicted molar refractivity (Wildman–Crippen MR) is 87.2 cm³/mol. The van der Waals surface area contributed by atoms with Gasteiger partial charge in [-0.1, -0.05) is 30.3 Å². The molecule has 0 unspecified atom stereocenters. The van der Waals surface area contributed by atoms with Crippen LogP contribution in [-0.2, 0) is 0 Å². The normalized spacial score (nSPS) is 23.7. The van der Waals surface area contributed by atoms with E-state index in [-0.39, 0.29) is 0 Å². The van der Waals surface area contributed by atoms with E-state index in [0.717, 1.165) is 5.92 Å². The van der Waals surface area contributed by atoms with Crippen LogP contribution in [0.1, 0.15) is 55.7 Å². The summed E-state index contributed by atoms with van der Waals surface area (Å²) in [5, 5.41) is 3.78. The number of pyridine rings is 1. The van der Waals surface area contributed by atoms with E-state index in [1.54, 1.807) is 0 Å². The Hall–Kier alpha value is -1.67. The third-order valence-electron chi connectivity index (χ3n) is 4.69. The van der Waals surface area contributed by atoms with Gasteiger partial charge in [-0.25, -0.2) is 0 Å². The molecule has 1 aromatic carbocycles. The molecule has 1 aliphatic carbocycles. The first kappa shape index (κ1) is 14.3. The van der Waals surface area contributed by atoms with Crippen molar-refractivity contribution in [3.63, 3.8) is 0 Å². The van der Waals surface area contributed by atoms with Gasteiger partial charge >= 0.3 is 0 Å². The summed E-state index contributed by atoms with van der Waals surface area (Å²) < 4.78 is 0. The fraction of sp³-hybridized carbons (Fsp3) is 0.421. The third-order valence-corrected chi connectivity index (χ3v) is 4.69. The van der Waals surface area contributed by atoms with E-state index >= 15 is 0 Å². The lowest BCUT2D eigenvalue weighted by molar-refractivity contribution is 0.322. The molecule has 0 radical (unpaired) electrons. The number of nitrogens with one attached hydrogen (secondary N) is 1. The van der Waals surface area contributed by atoms with Crippen LogP contribution in [0.4, 0.5) is 0 Å². The maximum absolute atomic E-state index is 4.09. The molecule has 3 rings (SSSR count). The number of hydrogen-bond donors (Lipinski definition) is 1. The summed E-state index contributed by atoms with van der Waals surface area (Å²) in [5.74, 6) is 0.750. The number of hydrogen-bond acceptors (Lipinski definition) is 2. The van der Waals surface area contributed by atoms with Crippen molar-refractivity contribution in [3.8, 4) is 0 Å². The van der Waals surface area contributed by atoms with Crippen LogP contribution in [0.2, 0.25) is 0 Å². The first-order chi connectivity index (χ1) is 10.3. The van der Waals surface area contributed by atoms with Crippen LogP contribution in [-0.4, -0.2) is 11.0 Å². The highest BCUT2D eigenvalue weighted by Crippen LogP contribution is 2.33. The quantitative estimate of drug-likeness (QED) is 0.894. The van der Waals surface area contributed by atoms with Crippen LogP contribution >= 0.6 is 0 Å². The molecule has 1 aromatic heterocycles. The van der Waals surface area contributed by atoms with Crippen molar-refractivity contribution in [1.29, 1.82) is 0 Å². The molecule has 0 amide bonds. The Morgan fingerprint density at radius 1 is 0.952 bits per heavy atom. The molecule has 2 heteroatoms. The Labute approximate surface area is 127 Å². The highest BCUT2D eigenvalue weighted by Gasteiger charge is 2.23. The van der Waals surface area contributed by atoms with Crippen LogP contribution in [0.5, 0.6) is 0 Å². The molecule has 0 aliphatic heterocycles. The minimum atomic E-state index is 0.409. The van der Waals surface area contributed by atoms with Gasteiger partial charge in [0.25, 0.3) is 0 Å². The standard InChI is InChI=1S/C19H24N2/c1-15(16-11-13-20-14-12-16)21-19-9-7-18(8-10-19)17-5-3-2-4-6-17/h2-6,11-15,18-19,21H,7-10H2,1H3/t15-,18?,19?/m1/s1. The zero-order valence-electron chi connectivity index (χ0n) is 12.7. The lowest BCUT2D eigenvalue weighted by atomic mass is 9.81. The van der Waals surface area contributed by atoms with E-state index in [9.17, 15) is 0 Å². The maximum atomic E-state index is 4.09. The number of aromatic nitrogens is 1. The molecule has 1 N–H and O–H groups in total. The minimum absolute atomic E-state index is 0.409. The van der Waals surface area contributed by atoms with Gasteiger partial charge in [0.15, 0.2) is 0 Å². The van der Waals surface area contributed by atoms with Gasteiger partial charge in [0.2, 0.25) is 0 Å². The average Bonchev–Trinajstić information content (AvgIpc) is 2.57. The SMILES string of the molecule is C[C@@H](NC1CCC(c2ccccc2)CC1)c1ccncc1. The summed E-state index contributed by atoms with van der Waals surface area (Å²) in [4.78, 5) is 4.09. The van der Waals surface area contributed by atoms with Crippen molar-refractivity contribution in [3.05, 3.63) is 66.0 Å². The number of nitrogens with zero attached hydrogens (tertiary/aromatic N) is 1. The van der Waals surface area contributed by atoms with Crippen LogP contribution in [0.25, 0.3) is 0 Å². The molecule has 1 aliphatic rings. The molecule has 1 atom stereocenters. The van der Waals surface area contributed by atoms with Crippen molar-refractivity contribution in [2.24, 2.45) is 0 Å². The second-order valence-corrected chi connectivity index (χ2v) is 6.13. The van der Waals surface area contributed by atoms with Gasteiger partial charge in [0, 0.05) is 24.5 Å². The van der Waals surface area contributed by atoms with Gasteiger partial charge in [0.1, 0.15) is 0 Å². The fourth-order valence-electron chi connectivity index (χ4n) is 3.42. The molecule has 21 heavy (non-hydrogen) atoms. The zero-order valence-corrected chi connectivity index (χ0v) is 12.7. The summed E-state index contributed by atoms with van der Waals surface area (Å²) in [6.07, 6.45) is 8.89. The Balaban J connectivity index is 1.52. The second-order valence-electron chi connectivity index (χ2n) is 6.13. The van der Waals surface area contributed by atoms with Gasteiger partial charge in [0.05, 0.1) is 0 Å². The average molecular weight is 280 g/mol. The monoisotopic (exact) mass is 280 g/mol. The predicted octanol–water partition coefficient (Wildman–Crippen LogP) is 4.46. The summed E-state index contributed by atoms with van der Waals surface area (Å²) in [6, 6.07) is 16.2. The topological polar surface area (TPSA) is 24.9 Å². The third kappa shape index (κ3) is 3.70. The fourth-order valence-corrected chi connectivity index (χ4v) is 3.42. The molecule has 1 heterocycles. The Morgan fingerprint density at radius 2 is 1.62 bits per heavy atom. The van der Waals surface area contributed by atoms with Crippen molar-refractivity contribution in [2.75, 3.05) is 0 Å². The Bertz CT molecular complexity index is 530. The van der Waals surface area contributed by atoms with Crippen molar-refractivity contribution in [2.45, 2.75) is 50.6 Å². The van der Waals surface area contributed by atoms with Gasteiger partial charge in [-0.05, 0) is 61.8 Å². The minimum Gasteiger partial charge on any atom is -0.307 e. The van der Waals surface area contributed by atoms with Crippen molar-refractivity contribution < 1.29 is 0 Å². The molecule has 0 spiro atoms. The highest BCUT2D eigenvalue weighted by atomic mass is 14.9. The largest absolute Gasteiger partial charge is 0.307 e. The molecule has 0 saturated heterocycles. The molecule has 2 aromatic rings. The molecule has 1 saturated carbocycles. The van der Waals surface area contributed by atoms with E-state index < -0.39 is 0 Å². The molecule has 2 nitrogen and oxygen atoms in total. The Kier molecular flexibility index (Phi) is 4.66. The Morgan fingerprint density at radius 3 is 2.29 bits per heavy atom. The maximum Gasteiger partial charge on any atom is 0.0295 e. The zero-order chi connectivity index (χ0) is 14.5. The smallest absolute Gasteiger partial charge is 0.0295 e. The molecule has 110 valence electrons. The van der Waals surface area contributed by atoms with Crippen molar-refractivity contribution in [1.82, 2.24) is 10.3 Å². The van der Waals surface area contributed by atoms with Gasteiger partial charge in [-0.2, -0.15) is 0 Å². The van der Waals surface area contributed by atoms with Gasteiger partial charge in [-0.3, -0.25) is 4.98 Å². The number of benzene rings is 1.